The van der Waals surface area contributed by atoms with Gasteiger partial charge in [-0.2, -0.15) is 0 Å². The highest BCUT2D eigenvalue weighted by molar-refractivity contribution is 5.69. The van der Waals surface area contributed by atoms with E-state index < -0.39 is 0 Å². The van der Waals surface area contributed by atoms with Gasteiger partial charge >= 0.3 is 5.03 Å². The minimum Gasteiger partial charge on any atom is -0.400 e. The molecule has 0 fully saturated rings. The van der Waals surface area contributed by atoms with Crippen LogP contribution in [0.15, 0.2) is 11.2 Å². The van der Waals surface area contributed by atoms with Gasteiger partial charge in [0.25, 0.3) is 0 Å². The van der Waals surface area contributed by atoms with Gasteiger partial charge in [0.05, 0.1) is 6.20 Å². The van der Waals surface area contributed by atoms with Crippen molar-refractivity contribution in [2.24, 2.45) is 5.73 Å². The van der Waals surface area contributed by atoms with Gasteiger partial charge in [0, 0.05) is 0 Å². The average molecular weight is 135 g/mol. The Bertz CT molecular complexity index is 122. The summed E-state index contributed by atoms with van der Waals surface area (Å²) in [6.45, 7) is 0. The van der Waals surface area contributed by atoms with Crippen LogP contribution in [-0.2, 0) is 0 Å². The molecule has 0 heterocycles. The molecule has 0 aliphatic carbocycles. The van der Waals surface area contributed by atoms with Crippen LogP contribution in [0.4, 0.5) is 0 Å². The van der Waals surface area contributed by atoms with Gasteiger partial charge in [-0.15, -0.1) is 0 Å². The largest absolute Gasteiger partial charge is 0.400 e. The number of nitrogens with two attached hydrogens (primary N) is 1. The Morgan fingerprint density at radius 1 is 1.62 bits per heavy atom. The van der Waals surface area contributed by atoms with Crippen LogP contribution in [0.5, 0.6) is 0 Å². The van der Waals surface area contributed by atoms with E-state index in [1.807, 2.05) is 18.7 Å². The molecule has 0 bridgehead atoms. The monoisotopic (exact) mass is 134 g/mol. The summed E-state index contributed by atoms with van der Waals surface area (Å²) in [6.07, 6.45) is 3.17. The molecule has 3 heteroatoms. The van der Waals surface area contributed by atoms with Gasteiger partial charge in [0.1, 0.15) is 14.1 Å². The molecule has 0 unspecified atom stereocenters. The molecule has 0 aliphatic heterocycles. The SMILES string of the molecule is C[N+](C)=C/C([ClH+])=C/N. The lowest BCUT2D eigenvalue weighted by Crippen LogP contribution is -2.00. The van der Waals surface area contributed by atoms with Gasteiger partial charge < -0.3 is 5.73 Å². The van der Waals surface area contributed by atoms with E-state index in [1.54, 1.807) is 6.21 Å². The zero-order chi connectivity index (χ0) is 6.57. The number of rotatable bonds is 1. The molecule has 2 nitrogen and oxygen atoms in total. The second-order valence-electron chi connectivity index (χ2n) is 1.66. The Balaban J connectivity index is 3.89. The van der Waals surface area contributed by atoms with Crippen molar-refractivity contribution in [1.29, 1.82) is 0 Å². The molecule has 8 heavy (non-hydrogen) atoms. The molecule has 0 amide bonds. The van der Waals surface area contributed by atoms with Gasteiger partial charge in [-0.3, -0.25) is 0 Å². The van der Waals surface area contributed by atoms with E-state index in [-0.39, 0.29) is 0 Å². The molecule has 0 aliphatic rings. The fraction of sp³-hybridized carbons (Fsp3) is 0.400. The fourth-order valence-electron chi connectivity index (χ4n) is 0.298. The molecule has 0 atom stereocenters. The predicted molar refractivity (Wildman–Crippen MR) is 31.8 cm³/mol. The first kappa shape index (κ1) is 7.50. The molecule has 0 radical (unpaired) electrons. The third-order valence-electron chi connectivity index (χ3n) is 0.550. The first-order chi connectivity index (χ1) is 3.66. The van der Waals surface area contributed by atoms with E-state index in [4.69, 9.17) is 17.3 Å². The Morgan fingerprint density at radius 2 is 2.12 bits per heavy atom. The molecule has 0 aromatic heterocycles. The summed E-state index contributed by atoms with van der Waals surface area (Å²) < 4.78 is 1.85. The summed E-state index contributed by atoms with van der Waals surface area (Å²) in [5, 5.41) is 0.662. The van der Waals surface area contributed by atoms with E-state index in [0.717, 1.165) is 0 Å². The molecule has 46 valence electrons. The molecular weight excluding hydrogens is 124 g/mol. The lowest BCUT2D eigenvalue weighted by atomic mass is 10.6. The average Bonchev–Trinajstić information content (AvgIpc) is 1.65. The van der Waals surface area contributed by atoms with Crippen LogP contribution >= 0.6 is 0 Å². The van der Waals surface area contributed by atoms with Crippen molar-refractivity contribution in [3.8, 4) is 0 Å². The standard InChI is InChI=1S/C5H10ClN2/c1-8(2)4-5(6)3-7/h3-4,6-7H,1-2H3/q+1/p+1. The summed E-state index contributed by atoms with van der Waals surface area (Å²) in [5.74, 6) is 0. The quantitative estimate of drug-likeness (QED) is 0.377. The van der Waals surface area contributed by atoms with Crippen molar-refractivity contribution in [2.45, 2.75) is 0 Å². The first-order valence-corrected chi connectivity index (χ1v) is 2.68. The number of hydrogen-bond donors (Lipinski definition) is 1. The maximum atomic E-state index is 5.10. The van der Waals surface area contributed by atoms with E-state index in [0.29, 0.717) is 5.03 Å². The number of nitrogens with zero attached hydrogens (tertiary/aromatic N) is 1. The van der Waals surface area contributed by atoms with Crippen molar-refractivity contribution in [3.05, 3.63) is 11.2 Å². The smallest absolute Gasteiger partial charge is 0.303 e. The second-order valence-corrected chi connectivity index (χ2v) is 2.13. The second kappa shape index (κ2) is 3.50. The van der Waals surface area contributed by atoms with E-state index >= 15 is 0 Å². The lowest BCUT2D eigenvalue weighted by Gasteiger charge is -1.76. The van der Waals surface area contributed by atoms with Crippen LogP contribution in [0.25, 0.3) is 0 Å². The number of allylic oxidation sites excluding steroid dienone is 1. The summed E-state index contributed by atoms with van der Waals surface area (Å²) in [7, 11) is 3.80. The molecule has 2 N–H and O–H groups in total. The summed E-state index contributed by atoms with van der Waals surface area (Å²) >= 11 is 4.75. The maximum Gasteiger partial charge on any atom is 0.303 e. The zero-order valence-electron chi connectivity index (χ0n) is 5.09. The molecule has 0 saturated heterocycles. The maximum absolute atomic E-state index is 5.10. The molecule has 0 aromatic carbocycles. The third-order valence-corrected chi connectivity index (χ3v) is 0.791. The Hall–Kier alpha value is -0.500. The van der Waals surface area contributed by atoms with Gasteiger partial charge in [0.15, 0.2) is 11.6 Å². The number of halogens is 1. The van der Waals surface area contributed by atoms with Crippen LogP contribution in [0.1, 0.15) is 0 Å². The van der Waals surface area contributed by atoms with E-state index in [9.17, 15) is 0 Å². The van der Waals surface area contributed by atoms with Crippen LogP contribution in [0.3, 0.4) is 0 Å². The van der Waals surface area contributed by atoms with E-state index in [2.05, 4.69) is 0 Å². The predicted octanol–water partition coefficient (Wildman–Crippen LogP) is -0.589. The van der Waals surface area contributed by atoms with Gasteiger partial charge in [-0.1, -0.05) is 0 Å². The normalized spacial score (nSPS) is 11.1. The van der Waals surface area contributed by atoms with E-state index in [1.165, 1.54) is 6.20 Å². The van der Waals surface area contributed by atoms with Gasteiger partial charge in [-0.05, 0) is 0 Å². The molecule has 0 spiro atoms. The van der Waals surface area contributed by atoms with Crippen LogP contribution in [0, 0.1) is 11.6 Å². The van der Waals surface area contributed by atoms with Crippen molar-refractivity contribution >= 4 is 6.21 Å². The Labute approximate surface area is 54.3 Å². The van der Waals surface area contributed by atoms with Crippen LogP contribution in [-0.4, -0.2) is 24.9 Å². The first-order valence-electron chi connectivity index (χ1n) is 2.27. The Kier molecular flexibility index (Phi) is 3.28. The Morgan fingerprint density at radius 3 is 2.25 bits per heavy atom. The van der Waals surface area contributed by atoms with Crippen molar-refractivity contribution in [1.82, 2.24) is 0 Å². The summed E-state index contributed by atoms with van der Waals surface area (Å²) in [5.41, 5.74) is 5.10. The molecule has 0 saturated carbocycles. The minimum absolute atomic E-state index is 0.662. The third kappa shape index (κ3) is 3.68. The van der Waals surface area contributed by atoms with Crippen molar-refractivity contribution in [3.63, 3.8) is 0 Å². The van der Waals surface area contributed by atoms with Gasteiger partial charge in [0.2, 0.25) is 6.21 Å². The zero-order valence-corrected chi connectivity index (χ0v) is 5.90. The summed E-state index contributed by atoms with van der Waals surface area (Å²) in [6, 6.07) is 0. The molecule has 0 rings (SSSR count). The highest BCUT2D eigenvalue weighted by atomic mass is 35.5. The highest BCUT2D eigenvalue weighted by Gasteiger charge is 1.97. The number of hydrogen-bond acceptors (Lipinski definition) is 1. The van der Waals surface area contributed by atoms with Crippen LogP contribution in [0.2, 0.25) is 0 Å². The minimum atomic E-state index is 0.662. The topological polar surface area (TPSA) is 29.0 Å². The summed E-state index contributed by atoms with van der Waals surface area (Å²) in [4.78, 5) is 0. The fourth-order valence-corrected chi connectivity index (χ4v) is 0.508. The molecule has 0 aromatic rings. The van der Waals surface area contributed by atoms with Crippen molar-refractivity contribution < 1.29 is 16.2 Å². The molecular formula is C5H11ClN2+2. The highest BCUT2D eigenvalue weighted by Crippen LogP contribution is 1.76. The van der Waals surface area contributed by atoms with Crippen LogP contribution < -0.4 is 5.73 Å². The van der Waals surface area contributed by atoms with Crippen molar-refractivity contribution in [2.75, 3.05) is 14.1 Å². The lowest BCUT2D eigenvalue weighted by molar-refractivity contribution is -0.464. The van der Waals surface area contributed by atoms with Gasteiger partial charge in [-0.25, -0.2) is 4.58 Å².